The van der Waals surface area contributed by atoms with Crippen molar-refractivity contribution in [1.29, 1.82) is 0 Å². The van der Waals surface area contributed by atoms with Gasteiger partial charge in [-0.05, 0) is 68.0 Å². The molecule has 1 N–H and O–H groups in total. The Morgan fingerprint density at radius 2 is 1.76 bits per heavy atom. The van der Waals surface area contributed by atoms with Crippen LogP contribution in [0, 0.1) is 13.8 Å². The van der Waals surface area contributed by atoms with Crippen LogP contribution in [0.4, 0.5) is 0 Å². The molecule has 0 aliphatic heterocycles. The van der Waals surface area contributed by atoms with E-state index in [4.69, 9.17) is 4.74 Å². The summed E-state index contributed by atoms with van der Waals surface area (Å²) in [5.74, 6) is 0. The number of aliphatic hydroxyl groups is 1. The highest BCUT2D eigenvalue weighted by atomic mass is 79.9. The summed E-state index contributed by atoms with van der Waals surface area (Å²) in [5, 5.41) is 10.3. The number of aliphatic hydroxyl groups excluding tert-OH is 1. The minimum Gasteiger partial charge on any atom is -0.385 e. The van der Waals surface area contributed by atoms with Gasteiger partial charge in [-0.25, -0.2) is 0 Å². The molecule has 0 radical (unpaired) electrons. The lowest BCUT2D eigenvalue weighted by molar-refractivity contribution is 0.0146. The summed E-state index contributed by atoms with van der Waals surface area (Å²) in [6, 6.07) is 0. The van der Waals surface area contributed by atoms with Crippen molar-refractivity contribution in [3.8, 4) is 0 Å². The van der Waals surface area contributed by atoms with E-state index in [1.807, 2.05) is 26.0 Å². The lowest BCUT2D eigenvalue weighted by atomic mass is 9.87. The SMILES string of the molecule is CO[C@H]1C=Cc2c(C)c(Br)c(Br)c(C)c2C1O. The first kappa shape index (κ1) is 13.3. The van der Waals surface area contributed by atoms with Gasteiger partial charge in [0.15, 0.2) is 0 Å². The van der Waals surface area contributed by atoms with Crippen LogP contribution in [-0.4, -0.2) is 18.3 Å². The van der Waals surface area contributed by atoms with Gasteiger partial charge in [0.25, 0.3) is 0 Å². The predicted molar refractivity (Wildman–Crippen MR) is 76.1 cm³/mol. The lowest BCUT2D eigenvalue weighted by Gasteiger charge is -2.28. The van der Waals surface area contributed by atoms with Crippen LogP contribution in [0.1, 0.15) is 28.4 Å². The van der Waals surface area contributed by atoms with Crippen LogP contribution in [-0.2, 0) is 4.74 Å². The van der Waals surface area contributed by atoms with Gasteiger partial charge in [-0.1, -0.05) is 12.2 Å². The molecular formula is C13H14Br2O2. The van der Waals surface area contributed by atoms with Gasteiger partial charge in [0.05, 0.1) is 0 Å². The Hall–Kier alpha value is -0.160. The van der Waals surface area contributed by atoms with Crippen LogP contribution in [0.5, 0.6) is 0 Å². The quantitative estimate of drug-likeness (QED) is 0.821. The van der Waals surface area contributed by atoms with Crippen LogP contribution in [0.3, 0.4) is 0 Å². The summed E-state index contributed by atoms with van der Waals surface area (Å²) >= 11 is 7.12. The Kier molecular flexibility index (Phi) is 3.78. The predicted octanol–water partition coefficient (Wildman–Crippen LogP) is 3.90. The minimum absolute atomic E-state index is 0.270. The van der Waals surface area contributed by atoms with Crippen molar-refractivity contribution in [3.63, 3.8) is 0 Å². The fourth-order valence-corrected chi connectivity index (χ4v) is 3.26. The van der Waals surface area contributed by atoms with E-state index >= 15 is 0 Å². The number of ether oxygens (including phenoxy) is 1. The highest BCUT2D eigenvalue weighted by Crippen LogP contribution is 2.41. The molecule has 2 atom stereocenters. The molecule has 92 valence electrons. The molecule has 0 fully saturated rings. The molecule has 0 spiro atoms. The van der Waals surface area contributed by atoms with Crippen molar-refractivity contribution in [2.75, 3.05) is 7.11 Å². The van der Waals surface area contributed by atoms with Gasteiger partial charge in [0.2, 0.25) is 0 Å². The van der Waals surface area contributed by atoms with Crippen LogP contribution in [0.2, 0.25) is 0 Å². The molecule has 0 bridgehead atoms. The van der Waals surface area contributed by atoms with Crippen molar-refractivity contribution in [1.82, 2.24) is 0 Å². The zero-order valence-corrected chi connectivity index (χ0v) is 13.1. The van der Waals surface area contributed by atoms with Crippen molar-refractivity contribution in [2.24, 2.45) is 0 Å². The maximum Gasteiger partial charge on any atom is 0.110 e. The zero-order chi connectivity index (χ0) is 12.7. The molecule has 1 aromatic carbocycles. The number of rotatable bonds is 1. The smallest absolute Gasteiger partial charge is 0.110 e. The molecule has 4 heteroatoms. The molecule has 0 saturated heterocycles. The fourth-order valence-electron chi connectivity index (χ4n) is 2.23. The second-order valence-corrected chi connectivity index (χ2v) is 5.80. The van der Waals surface area contributed by atoms with E-state index in [9.17, 15) is 5.11 Å². The molecule has 2 rings (SSSR count). The van der Waals surface area contributed by atoms with E-state index in [0.717, 1.165) is 31.2 Å². The van der Waals surface area contributed by atoms with E-state index in [0.29, 0.717) is 0 Å². The van der Waals surface area contributed by atoms with Gasteiger partial charge in [-0.15, -0.1) is 0 Å². The first-order valence-electron chi connectivity index (χ1n) is 5.36. The number of fused-ring (bicyclic) bond motifs is 1. The molecule has 1 aliphatic carbocycles. The molecule has 0 amide bonds. The van der Waals surface area contributed by atoms with Crippen LogP contribution < -0.4 is 0 Å². The van der Waals surface area contributed by atoms with Gasteiger partial charge < -0.3 is 9.84 Å². The normalized spacial score (nSPS) is 22.7. The highest BCUT2D eigenvalue weighted by Gasteiger charge is 2.28. The summed E-state index contributed by atoms with van der Waals surface area (Å²) in [4.78, 5) is 0. The van der Waals surface area contributed by atoms with Gasteiger partial charge in [-0.2, -0.15) is 0 Å². The van der Waals surface area contributed by atoms with Crippen molar-refractivity contribution < 1.29 is 9.84 Å². The van der Waals surface area contributed by atoms with Gasteiger partial charge in [0.1, 0.15) is 12.2 Å². The fraction of sp³-hybridized carbons (Fsp3) is 0.385. The monoisotopic (exact) mass is 360 g/mol. The summed E-state index contributed by atoms with van der Waals surface area (Å²) < 4.78 is 7.30. The van der Waals surface area contributed by atoms with Gasteiger partial charge in [-0.3, -0.25) is 0 Å². The van der Waals surface area contributed by atoms with Crippen molar-refractivity contribution >= 4 is 37.9 Å². The summed E-state index contributed by atoms with van der Waals surface area (Å²) in [6.07, 6.45) is 3.05. The Bertz CT molecular complexity index is 495. The molecule has 0 aromatic heterocycles. The van der Waals surface area contributed by atoms with E-state index in [1.54, 1.807) is 7.11 Å². The third-order valence-electron chi connectivity index (χ3n) is 3.28. The number of benzene rings is 1. The average molecular weight is 362 g/mol. The van der Waals surface area contributed by atoms with Crippen LogP contribution in [0.25, 0.3) is 6.08 Å². The Morgan fingerprint density at radius 1 is 1.18 bits per heavy atom. The van der Waals surface area contributed by atoms with E-state index in [1.165, 1.54) is 0 Å². The van der Waals surface area contributed by atoms with Crippen LogP contribution >= 0.6 is 31.9 Å². The van der Waals surface area contributed by atoms with E-state index < -0.39 is 6.10 Å². The number of hydrogen-bond donors (Lipinski definition) is 1. The molecule has 1 aliphatic rings. The molecule has 0 saturated carbocycles. The summed E-state index contributed by atoms with van der Waals surface area (Å²) in [7, 11) is 1.61. The lowest BCUT2D eigenvalue weighted by Crippen LogP contribution is -2.23. The third-order valence-corrected chi connectivity index (χ3v) is 5.80. The molecule has 2 nitrogen and oxygen atoms in total. The second-order valence-electron chi connectivity index (χ2n) is 4.21. The Balaban J connectivity index is 2.72. The third kappa shape index (κ3) is 2.01. The molecular weight excluding hydrogens is 348 g/mol. The largest absolute Gasteiger partial charge is 0.385 e. The standard InChI is InChI=1S/C13H14Br2O2/c1-6-8-4-5-9(17-3)13(16)10(8)7(2)12(15)11(6)14/h4-5,9,13,16H,1-3H3/t9-,13?/m0/s1. The van der Waals surface area contributed by atoms with Gasteiger partial charge >= 0.3 is 0 Å². The molecule has 17 heavy (non-hydrogen) atoms. The topological polar surface area (TPSA) is 29.5 Å². The molecule has 0 heterocycles. The Labute approximate surface area is 118 Å². The molecule has 1 aromatic rings. The maximum absolute atomic E-state index is 10.3. The maximum atomic E-state index is 10.3. The van der Waals surface area contributed by atoms with E-state index in [-0.39, 0.29) is 6.10 Å². The highest BCUT2D eigenvalue weighted by molar-refractivity contribution is 9.13. The van der Waals surface area contributed by atoms with E-state index in [2.05, 4.69) is 31.9 Å². The zero-order valence-electron chi connectivity index (χ0n) is 9.92. The average Bonchev–Trinajstić information content (AvgIpc) is 2.33. The second kappa shape index (κ2) is 4.84. The summed E-state index contributed by atoms with van der Waals surface area (Å²) in [6.45, 7) is 4.04. The molecule has 1 unspecified atom stereocenters. The van der Waals surface area contributed by atoms with Crippen LogP contribution in [0.15, 0.2) is 15.0 Å². The van der Waals surface area contributed by atoms with Crippen molar-refractivity contribution in [2.45, 2.75) is 26.1 Å². The summed E-state index contributed by atoms with van der Waals surface area (Å²) in [5.41, 5.74) is 4.21. The first-order valence-corrected chi connectivity index (χ1v) is 6.94. The number of hydrogen-bond acceptors (Lipinski definition) is 2. The van der Waals surface area contributed by atoms with Gasteiger partial charge in [0, 0.05) is 16.1 Å². The minimum atomic E-state index is -0.608. The number of methoxy groups -OCH3 is 1. The first-order chi connectivity index (χ1) is 7.99. The number of halogens is 2. The Morgan fingerprint density at radius 3 is 2.35 bits per heavy atom. The van der Waals surface area contributed by atoms with Crippen molar-refractivity contribution in [3.05, 3.63) is 37.3 Å².